The van der Waals surface area contributed by atoms with Crippen LogP contribution in [0.2, 0.25) is 0 Å². The first-order valence-electron chi connectivity index (χ1n) is 7.95. The molecule has 0 radical (unpaired) electrons. The van der Waals surface area contributed by atoms with Gasteiger partial charge in [-0.15, -0.1) is 0 Å². The second-order valence-corrected chi connectivity index (χ2v) is 5.54. The van der Waals surface area contributed by atoms with Gasteiger partial charge in [-0.3, -0.25) is 4.98 Å². The molecule has 2 heterocycles. The number of pyridine rings is 1. The van der Waals surface area contributed by atoms with Crippen molar-refractivity contribution in [3.63, 3.8) is 0 Å². The van der Waals surface area contributed by atoms with E-state index in [0.29, 0.717) is 12.1 Å². The Bertz CT molecular complexity index is 975. The third kappa shape index (κ3) is 6.30. The Balaban J connectivity index is 0.000000370. The summed E-state index contributed by atoms with van der Waals surface area (Å²) in [5.41, 5.74) is 2.12. The molecule has 3 rings (SSSR count). The Morgan fingerprint density at radius 3 is 2.52 bits per heavy atom. The van der Waals surface area contributed by atoms with Gasteiger partial charge in [-0.1, -0.05) is 0 Å². The van der Waals surface area contributed by atoms with Crippen LogP contribution in [0.3, 0.4) is 0 Å². The summed E-state index contributed by atoms with van der Waals surface area (Å²) in [5, 5.41) is 11.1. The molecule has 0 amide bonds. The summed E-state index contributed by atoms with van der Waals surface area (Å²) in [6.07, 6.45) is -1.79. The van der Waals surface area contributed by atoms with Gasteiger partial charge in [-0.25, -0.2) is 9.78 Å². The standard InChI is InChI=1S/C15H14F2N4O.C2HF3O2/c1-9-19-7-10(21-9)8-20-12-4-5-13(22-15(16)17)14-11(12)3-2-6-18-14;3-2(4,5)1(6)7/h2-7,15,20H,8H2,1H3,(H,19,21);(H,6,7). The highest BCUT2D eigenvalue weighted by atomic mass is 19.4. The zero-order valence-electron chi connectivity index (χ0n) is 14.8. The fourth-order valence-corrected chi connectivity index (χ4v) is 2.24. The number of benzene rings is 1. The average molecular weight is 418 g/mol. The number of nitrogens with zero attached hydrogens (tertiary/aromatic N) is 2. The van der Waals surface area contributed by atoms with Crippen LogP contribution in [0.15, 0.2) is 36.7 Å². The Morgan fingerprint density at radius 1 is 1.28 bits per heavy atom. The predicted octanol–water partition coefficient (Wildman–Crippen LogP) is 4.11. The smallest absolute Gasteiger partial charge is 0.475 e. The highest BCUT2D eigenvalue weighted by Crippen LogP contribution is 2.31. The average Bonchev–Trinajstić information content (AvgIpc) is 3.06. The third-order valence-corrected chi connectivity index (χ3v) is 3.42. The van der Waals surface area contributed by atoms with Gasteiger partial charge >= 0.3 is 18.8 Å². The van der Waals surface area contributed by atoms with Gasteiger partial charge in [0.15, 0.2) is 5.75 Å². The van der Waals surface area contributed by atoms with Gasteiger partial charge in [0.1, 0.15) is 11.3 Å². The summed E-state index contributed by atoms with van der Waals surface area (Å²) >= 11 is 0. The van der Waals surface area contributed by atoms with E-state index in [4.69, 9.17) is 9.90 Å². The highest BCUT2D eigenvalue weighted by molar-refractivity contribution is 5.95. The minimum Gasteiger partial charge on any atom is -0.475 e. The van der Waals surface area contributed by atoms with Gasteiger partial charge in [0.2, 0.25) is 0 Å². The summed E-state index contributed by atoms with van der Waals surface area (Å²) < 4.78 is 61.1. The number of carbonyl (C=O) groups is 1. The number of imidazole rings is 1. The van der Waals surface area contributed by atoms with Crippen LogP contribution in [-0.2, 0) is 11.3 Å². The summed E-state index contributed by atoms with van der Waals surface area (Å²) in [6, 6.07) is 6.74. The zero-order valence-corrected chi connectivity index (χ0v) is 14.8. The highest BCUT2D eigenvalue weighted by Gasteiger charge is 2.38. The molecule has 0 fully saturated rings. The zero-order chi connectivity index (χ0) is 21.6. The number of aliphatic carboxylic acids is 1. The second-order valence-electron chi connectivity index (χ2n) is 5.54. The number of hydrogen-bond donors (Lipinski definition) is 3. The molecule has 1 aromatic carbocycles. The van der Waals surface area contributed by atoms with Crippen molar-refractivity contribution in [3.05, 3.63) is 48.2 Å². The van der Waals surface area contributed by atoms with E-state index in [2.05, 4.69) is 25.0 Å². The number of carboxylic acid groups (broad SMARTS) is 1. The predicted molar refractivity (Wildman–Crippen MR) is 92.7 cm³/mol. The maximum Gasteiger partial charge on any atom is 0.490 e. The fraction of sp³-hybridized carbons (Fsp3) is 0.235. The van der Waals surface area contributed by atoms with Crippen molar-refractivity contribution in [1.82, 2.24) is 15.0 Å². The number of carboxylic acids is 1. The molecule has 3 aromatic rings. The minimum atomic E-state index is -5.08. The lowest BCUT2D eigenvalue weighted by molar-refractivity contribution is -0.192. The Kier molecular flexibility index (Phi) is 6.91. The maximum absolute atomic E-state index is 12.4. The van der Waals surface area contributed by atoms with E-state index in [1.165, 1.54) is 6.07 Å². The molecule has 0 unspecified atom stereocenters. The van der Waals surface area contributed by atoms with Crippen LogP contribution in [0, 0.1) is 6.92 Å². The Hall–Kier alpha value is -3.44. The topological polar surface area (TPSA) is 100 Å². The molecule has 0 aliphatic heterocycles. The van der Waals surface area contributed by atoms with Crippen molar-refractivity contribution < 1.29 is 36.6 Å². The molecular formula is C17H15F5N4O3. The lowest BCUT2D eigenvalue weighted by Crippen LogP contribution is -2.21. The number of ether oxygens (including phenoxy) is 1. The molecule has 0 aliphatic carbocycles. The normalized spacial score (nSPS) is 11.1. The van der Waals surface area contributed by atoms with Crippen LogP contribution in [-0.4, -0.2) is 38.8 Å². The molecule has 2 aromatic heterocycles. The van der Waals surface area contributed by atoms with E-state index >= 15 is 0 Å². The van der Waals surface area contributed by atoms with Gasteiger partial charge in [-0.05, 0) is 31.2 Å². The van der Waals surface area contributed by atoms with E-state index in [0.717, 1.165) is 22.6 Å². The van der Waals surface area contributed by atoms with Crippen molar-refractivity contribution in [2.75, 3.05) is 5.32 Å². The number of fused-ring (bicyclic) bond motifs is 1. The number of hydrogen-bond acceptors (Lipinski definition) is 5. The Labute approximate surface area is 160 Å². The van der Waals surface area contributed by atoms with E-state index < -0.39 is 18.8 Å². The van der Waals surface area contributed by atoms with Crippen molar-refractivity contribution >= 4 is 22.6 Å². The number of aryl methyl sites for hydroxylation is 1. The number of halogens is 5. The van der Waals surface area contributed by atoms with Crippen molar-refractivity contribution in [1.29, 1.82) is 0 Å². The molecule has 0 atom stereocenters. The SMILES string of the molecule is Cc1ncc(CNc2ccc(OC(F)F)c3ncccc23)[nH]1.O=C(O)C(F)(F)F. The monoisotopic (exact) mass is 418 g/mol. The largest absolute Gasteiger partial charge is 0.490 e. The van der Waals surface area contributed by atoms with Crippen LogP contribution in [0.5, 0.6) is 5.75 Å². The number of aromatic amines is 1. The lowest BCUT2D eigenvalue weighted by Gasteiger charge is -2.12. The van der Waals surface area contributed by atoms with Gasteiger partial charge in [-0.2, -0.15) is 22.0 Å². The third-order valence-electron chi connectivity index (χ3n) is 3.42. The van der Waals surface area contributed by atoms with E-state index in [9.17, 15) is 22.0 Å². The molecule has 0 bridgehead atoms. The first kappa shape index (κ1) is 21.9. The van der Waals surface area contributed by atoms with Gasteiger partial charge in [0.05, 0.1) is 18.4 Å². The molecule has 7 nitrogen and oxygen atoms in total. The fourth-order valence-electron chi connectivity index (χ4n) is 2.24. The van der Waals surface area contributed by atoms with E-state index in [1.54, 1.807) is 30.6 Å². The molecule has 0 saturated carbocycles. The van der Waals surface area contributed by atoms with Crippen LogP contribution in [0.4, 0.5) is 27.6 Å². The molecule has 0 saturated heterocycles. The Morgan fingerprint density at radius 2 is 1.97 bits per heavy atom. The minimum absolute atomic E-state index is 0.0635. The number of H-pyrrole nitrogens is 1. The van der Waals surface area contributed by atoms with Crippen LogP contribution in [0.1, 0.15) is 11.5 Å². The molecule has 156 valence electrons. The first-order chi connectivity index (χ1) is 13.6. The van der Waals surface area contributed by atoms with Crippen LogP contribution < -0.4 is 10.1 Å². The molecule has 3 N–H and O–H groups in total. The van der Waals surface area contributed by atoms with E-state index in [1.807, 2.05) is 6.92 Å². The number of nitrogens with one attached hydrogen (secondary N) is 2. The summed E-state index contributed by atoms with van der Waals surface area (Å²) in [6.45, 7) is -0.462. The van der Waals surface area contributed by atoms with Gasteiger partial charge in [0, 0.05) is 17.3 Å². The number of anilines is 1. The van der Waals surface area contributed by atoms with Gasteiger partial charge < -0.3 is 20.1 Å². The molecular weight excluding hydrogens is 403 g/mol. The lowest BCUT2D eigenvalue weighted by atomic mass is 10.1. The second kappa shape index (κ2) is 9.17. The number of rotatable bonds is 5. The molecule has 12 heteroatoms. The van der Waals surface area contributed by atoms with Crippen molar-refractivity contribution in [2.45, 2.75) is 26.3 Å². The molecule has 0 spiro atoms. The quantitative estimate of drug-likeness (QED) is 0.539. The molecule has 29 heavy (non-hydrogen) atoms. The summed E-state index contributed by atoms with van der Waals surface area (Å²) in [5.74, 6) is -1.86. The van der Waals surface area contributed by atoms with Gasteiger partial charge in [0.25, 0.3) is 0 Å². The summed E-state index contributed by atoms with van der Waals surface area (Å²) in [7, 11) is 0. The molecule has 0 aliphatic rings. The first-order valence-corrected chi connectivity index (χ1v) is 7.95. The van der Waals surface area contributed by atoms with Crippen molar-refractivity contribution in [2.24, 2.45) is 0 Å². The number of aromatic nitrogens is 3. The van der Waals surface area contributed by atoms with Crippen LogP contribution in [0.25, 0.3) is 10.9 Å². The van der Waals surface area contributed by atoms with Crippen molar-refractivity contribution in [3.8, 4) is 5.75 Å². The maximum atomic E-state index is 12.4. The van der Waals surface area contributed by atoms with Crippen LogP contribution >= 0.6 is 0 Å². The van der Waals surface area contributed by atoms with E-state index in [-0.39, 0.29) is 5.75 Å². The summed E-state index contributed by atoms with van der Waals surface area (Å²) in [4.78, 5) is 20.3. The number of alkyl halides is 5.